The molecule has 2 aromatic heterocycles. The third kappa shape index (κ3) is 2.79. The molecule has 2 N–H and O–H groups in total. The Kier molecular flexibility index (Phi) is 3.98. The number of hydrogen-bond donors (Lipinski definition) is 2. The third-order valence-electron chi connectivity index (χ3n) is 5.42. The highest BCUT2D eigenvalue weighted by atomic mass is 16.2. The highest BCUT2D eigenvalue weighted by molar-refractivity contribution is 6.08. The number of aryl methyl sites for hydroxylation is 1. The summed E-state index contributed by atoms with van der Waals surface area (Å²) in [5, 5.41) is 3.85. The van der Waals surface area contributed by atoms with Gasteiger partial charge in [0.1, 0.15) is 11.7 Å². The summed E-state index contributed by atoms with van der Waals surface area (Å²) in [6, 6.07) is -0.430. The minimum Gasteiger partial charge on any atom is -0.345 e. The van der Waals surface area contributed by atoms with E-state index in [1.54, 1.807) is 18.1 Å². The van der Waals surface area contributed by atoms with Crippen molar-refractivity contribution in [3.8, 4) is 0 Å². The van der Waals surface area contributed by atoms with Crippen LogP contribution < -0.4 is 5.32 Å². The van der Waals surface area contributed by atoms with Crippen LogP contribution in [0.3, 0.4) is 0 Å². The number of likely N-dealkylation sites (N-methyl/N-ethyl adjacent to an activating group) is 1. The number of nitrogens with zero attached hydrogens (tertiary/aromatic N) is 2. The zero-order chi connectivity index (χ0) is 17.6. The van der Waals surface area contributed by atoms with Gasteiger partial charge >= 0.3 is 0 Å². The number of amides is 2. The van der Waals surface area contributed by atoms with Crippen molar-refractivity contribution in [3.05, 3.63) is 29.1 Å². The molecular weight excluding hydrogens is 316 g/mol. The van der Waals surface area contributed by atoms with Crippen molar-refractivity contribution < 1.29 is 9.59 Å². The summed E-state index contributed by atoms with van der Waals surface area (Å²) in [5.41, 5.74) is 3.84. The highest BCUT2D eigenvalue weighted by Gasteiger charge is 2.31. The molecule has 0 radical (unpaired) electrons. The first-order chi connectivity index (χ1) is 12.1. The van der Waals surface area contributed by atoms with Crippen LogP contribution in [0.2, 0.25) is 0 Å². The molecule has 0 spiro atoms. The summed E-state index contributed by atoms with van der Waals surface area (Å²) < 4.78 is 0. The molecule has 1 aliphatic carbocycles. The van der Waals surface area contributed by atoms with Gasteiger partial charge in [-0.3, -0.25) is 9.59 Å². The molecule has 0 bridgehead atoms. The molecule has 2 aliphatic rings. The van der Waals surface area contributed by atoms with E-state index in [1.807, 2.05) is 6.20 Å². The van der Waals surface area contributed by atoms with Gasteiger partial charge in [0.05, 0.1) is 5.56 Å². The molecule has 25 heavy (non-hydrogen) atoms. The fraction of sp³-hybridized carbons (Fsp3) is 0.526. The zero-order valence-electron chi connectivity index (χ0n) is 14.8. The van der Waals surface area contributed by atoms with E-state index in [1.165, 1.54) is 24.0 Å². The minimum atomic E-state index is -0.430. The molecular formula is C19H24N4O2. The predicted molar refractivity (Wildman–Crippen MR) is 95.6 cm³/mol. The maximum absolute atomic E-state index is 12.9. The van der Waals surface area contributed by atoms with Crippen LogP contribution in [0.25, 0.3) is 11.0 Å². The van der Waals surface area contributed by atoms with Crippen LogP contribution in [0.1, 0.15) is 60.0 Å². The highest BCUT2D eigenvalue weighted by Crippen LogP contribution is 2.43. The number of aromatic amines is 1. The molecule has 6 nitrogen and oxygen atoms in total. The van der Waals surface area contributed by atoms with Crippen LogP contribution in [0.5, 0.6) is 0 Å². The lowest BCUT2D eigenvalue weighted by molar-refractivity contribution is -0.134. The Morgan fingerprint density at radius 3 is 2.92 bits per heavy atom. The zero-order valence-corrected chi connectivity index (χ0v) is 14.8. The van der Waals surface area contributed by atoms with E-state index in [-0.39, 0.29) is 11.8 Å². The first kappa shape index (κ1) is 16.1. The third-order valence-corrected chi connectivity index (χ3v) is 5.42. The summed E-state index contributed by atoms with van der Waals surface area (Å²) >= 11 is 0. The summed E-state index contributed by atoms with van der Waals surface area (Å²) in [7, 11) is 1.79. The Labute approximate surface area is 147 Å². The average Bonchev–Trinajstić information content (AvgIpc) is 3.36. The molecule has 1 atom stereocenters. The molecule has 1 aliphatic heterocycles. The normalized spacial score (nSPS) is 21.0. The van der Waals surface area contributed by atoms with E-state index in [4.69, 9.17) is 0 Å². The minimum absolute atomic E-state index is 0.00745. The van der Waals surface area contributed by atoms with E-state index in [9.17, 15) is 9.59 Å². The second kappa shape index (κ2) is 6.17. The van der Waals surface area contributed by atoms with Crippen LogP contribution in [-0.4, -0.2) is 46.3 Å². The number of aromatic nitrogens is 2. The van der Waals surface area contributed by atoms with Gasteiger partial charge in [-0.2, -0.15) is 0 Å². The van der Waals surface area contributed by atoms with Crippen molar-refractivity contribution in [2.24, 2.45) is 0 Å². The van der Waals surface area contributed by atoms with Gasteiger partial charge in [0.15, 0.2) is 0 Å². The molecule has 1 saturated carbocycles. The number of nitrogens with one attached hydrogen (secondary N) is 2. The topological polar surface area (TPSA) is 78.1 Å². The van der Waals surface area contributed by atoms with Crippen LogP contribution >= 0.6 is 0 Å². The summed E-state index contributed by atoms with van der Waals surface area (Å²) in [4.78, 5) is 34.5. The number of H-pyrrole nitrogens is 1. The smallest absolute Gasteiger partial charge is 0.254 e. The molecule has 132 valence electrons. The van der Waals surface area contributed by atoms with Crippen LogP contribution in [-0.2, 0) is 11.2 Å². The SMILES string of the molecule is CCc1c(C2CC2)cnc2[nH]cc(C(=O)NC3CCCN(C)C3=O)c12. The monoisotopic (exact) mass is 340 g/mol. The maximum atomic E-state index is 12.9. The van der Waals surface area contributed by atoms with Crippen molar-refractivity contribution in [2.75, 3.05) is 13.6 Å². The Morgan fingerprint density at radius 1 is 1.40 bits per heavy atom. The Bertz CT molecular complexity index is 837. The fourth-order valence-electron chi connectivity index (χ4n) is 3.88. The lowest BCUT2D eigenvalue weighted by atomic mass is 9.98. The molecule has 1 saturated heterocycles. The molecule has 2 fully saturated rings. The van der Waals surface area contributed by atoms with E-state index in [0.29, 0.717) is 17.9 Å². The number of piperidine rings is 1. The molecule has 2 aromatic rings. The lowest BCUT2D eigenvalue weighted by Crippen LogP contribution is -2.50. The second-order valence-corrected chi connectivity index (χ2v) is 7.17. The Morgan fingerprint density at radius 2 is 2.20 bits per heavy atom. The molecule has 4 rings (SSSR count). The van der Waals surface area contributed by atoms with E-state index in [0.717, 1.165) is 30.4 Å². The van der Waals surface area contributed by atoms with Gasteiger partial charge in [0, 0.05) is 31.4 Å². The number of fused-ring (bicyclic) bond motifs is 1. The van der Waals surface area contributed by atoms with E-state index >= 15 is 0 Å². The number of carbonyl (C=O) groups is 2. The van der Waals surface area contributed by atoms with Crippen LogP contribution in [0.4, 0.5) is 0 Å². The van der Waals surface area contributed by atoms with Gasteiger partial charge in [-0.05, 0) is 49.1 Å². The Balaban J connectivity index is 1.67. The van der Waals surface area contributed by atoms with E-state index < -0.39 is 6.04 Å². The molecule has 3 heterocycles. The first-order valence-electron chi connectivity index (χ1n) is 9.14. The average molecular weight is 340 g/mol. The van der Waals surface area contributed by atoms with E-state index in [2.05, 4.69) is 22.2 Å². The van der Waals surface area contributed by atoms with Crippen LogP contribution in [0, 0.1) is 0 Å². The standard InChI is InChI=1S/C19H24N4O2/c1-3-12-13(11-6-7-11)9-20-17-16(12)14(10-21-17)18(24)22-15-5-4-8-23(2)19(15)25/h9-11,15H,3-8H2,1-2H3,(H,20,21)(H,22,24). The predicted octanol–water partition coefficient (Wildman–Crippen LogP) is 2.35. The second-order valence-electron chi connectivity index (χ2n) is 7.17. The fourth-order valence-corrected chi connectivity index (χ4v) is 3.88. The number of carbonyl (C=O) groups excluding carboxylic acids is 2. The van der Waals surface area contributed by atoms with Gasteiger partial charge < -0.3 is 15.2 Å². The number of pyridine rings is 1. The molecule has 1 unspecified atom stereocenters. The van der Waals surface area contributed by atoms with Crippen molar-refractivity contribution in [1.82, 2.24) is 20.2 Å². The van der Waals surface area contributed by atoms with Gasteiger partial charge in [-0.25, -0.2) is 4.98 Å². The van der Waals surface area contributed by atoms with Crippen molar-refractivity contribution in [2.45, 2.75) is 51.0 Å². The van der Waals surface area contributed by atoms with Crippen LogP contribution in [0.15, 0.2) is 12.4 Å². The largest absolute Gasteiger partial charge is 0.345 e. The lowest BCUT2D eigenvalue weighted by Gasteiger charge is -2.29. The quantitative estimate of drug-likeness (QED) is 0.897. The van der Waals surface area contributed by atoms with Gasteiger partial charge in [0.2, 0.25) is 5.91 Å². The maximum Gasteiger partial charge on any atom is 0.254 e. The number of rotatable bonds is 4. The molecule has 0 aromatic carbocycles. The molecule has 2 amide bonds. The summed E-state index contributed by atoms with van der Waals surface area (Å²) in [6.45, 7) is 2.88. The van der Waals surface area contributed by atoms with Crippen molar-refractivity contribution >= 4 is 22.8 Å². The Hall–Kier alpha value is -2.37. The summed E-state index contributed by atoms with van der Waals surface area (Å²) in [5.74, 6) is 0.391. The number of likely N-dealkylation sites (tertiary alicyclic amines) is 1. The number of hydrogen-bond acceptors (Lipinski definition) is 3. The molecule has 6 heteroatoms. The van der Waals surface area contributed by atoms with Gasteiger partial charge in [-0.1, -0.05) is 6.92 Å². The summed E-state index contributed by atoms with van der Waals surface area (Å²) in [6.07, 6.45) is 8.56. The van der Waals surface area contributed by atoms with Crippen molar-refractivity contribution in [3.63, 3.8) is 0 Å². The van der Waals surface area contributed by atoms with Gasteiger partial charge in [-0.15, -0.1) is 0 Å². The van der Waals surface area contributed by atoms with Gasteiger partial charge in [0.25, 0.3) is 5.91 Å². The first-order valence-corrected chi connectivity index (χ1v) is 9.14. The van der Waals surface area contributed by atoms with Crippen molar-refractivity contribution in [1.29, 1.82) is 0 Å².